The van der Waals surface area contributed by atoms with E-state index in [-0.39, 0.29) is 35.8 Å². The van der Waals surface area contributed by atoms with Crippen LogP contribution >= 0.6 is 24.0 Å². The second-order valence-electron chi connectivity index (χ2n) is 7.87. The molecule has 2 aliphatic heterocycles. The zero-order valence-electron chi connectivity index (χ0n) is 18.3. The van der Waals surface area contributed by atoms with Gasteiger partial charge in [0.15, 0.2) is 17.6 Å². The summed E-state index contributed by atoms with van der Waals surface area (Å²) in [6, 6.07) is 3.34. The molecule has 9 heteroatoms. The number of nitrogens with zero attached hydrogens (tertiary/aromatic N) is 5. The highest BCUT2D eigenvalue weighted by Crippen LogP contribution is 2.20. The van der Waals surface area contributed by atoms with Crippen LogP contribution < -0.4 is 15.5 Å². The number of rotatable bonds is 8. The van der Waals surface area contributed by atoms with E-state index >= 15 is 0 Å². The predicted octanol–water partition coefficient (Wildman–Crippen LogP) is 2.00. The molecule has 0 bridgehead atoms. The molecular weight excluding hydrogens is 496 g/mol. The van der Waals surface area contributed by atoms with Gasteiger partial charge >= 0.3 is 0 Å². The number of likely N-dealkylation sites (N-methyl/N-ethyl adjacent to an activating group) is 1. The van der Waals surface area contributed by atoms with Gasteiger partial charge in [-0.3, -0.25) is 4.99 Å². The molecule has 1 atom stereocenters. The number of anilines is 1. The van der Waals surface area contributed by atoms with Crippen molar-refractivity contribution in [2.24, 2.45) is 4.99 Å². The lowest BCUT2D eigenvalue weighted by Crippen LogP contribution is -2.46. The lowest BCUT2D eigenvalue weighted by atomic mass is 10.2. The monoisotopic (exact) mass is 533 g/mol. The topological polar surface area (TPSA) is 59.0 Å². The molecule has 2 aliphatic rings. The first-order chi connectivity index (χ1) is 14.2. The van der Waals surface area contributed by atoms with Gasteiger partial charge < -0.3 is 25.3 Å². The average molecular weight is 533 g/mol. The highest BCUT2D eigenvalue weighted by atomic mass is 127. The quantitative estimate of drug-likeness (QED) is 0.231. The van der Waals surface area contributed by atoms with Gasteiger partial charge in [-0.2, -0.15) is 0 Å². The molecule has 1 aromatic heterocycles. The Labute approximate surface area is 197 Å². The molecule has 3 heterocycles. The largest absolute Gasteiger partial charge is 0.356 e. The van der Waals surface area contributed by atoms with Crippen LogP contribution in [0.5, 0.6) is 0 Å². The van der Waals surface area contributed by atoms with E-state index in [1.54, 1.807) is 19.3 Å². The summed E-state index contributed by atoms with van der Waals surface area (Å²) in [5.41, 5.74) is 0. The number of piperazine rings is 1. The molecule has 0 radical (unpaired) electrons. The molecule has 7 nitrogen and oxygen atoms in total. The highest BCUT2D eigenvalue weighted by Gasteiger charge is 2.25. The van der Waals surface area contributed by atoms with Gasteiger partial charge in [-0.1, -0.05) is 6.92 Å². The fraction of sp³-hybridized carbons (Fsp3) is 0.714. The Morgan fingerprint density at radius 2 is 1.97 bits per heavy atom. The van der Waals surface area contributed by atoms with Crippen LogP contribution in [0.3, 0.4) is 0 Å². The minimum Gasteiger partial charge on any atom is -0.356 e. The second-order valence-corrected chi connectivity index (χ2v) is 7.87. The van der Waals surface area contributed by atoms with Gasteiger partial charge in [0.1, 0.15) is 0 Å². The fourth-order valence-corrected chi connectivity index (χ4v) is 4.06. The van der Waals surface area contributed by atoms with Crippen molar-refractivity contribution in [3.05, 3.63) is 24.1 Å². The van der Waals surface area contributed by atoms with Gasteiger partial charge in [0.2, 0.25) is 0 Å². The van der Waals surface area contributed by atoms with Gasteiger partial charge in [-0.05, 0) is 44.5 Å². The van der Waals surface area contributed by atoms with E-state index in [9.17, 15) is 4.39 Å². The van der Waals surface area contributed by atoms with E-state index < -0.39 is 0 Å². The number of guanidine groups is 1. The maximum absolute atomic E-state index is 13.9. The molecule has 1 aromatic rings. The molecule has 2 saturated heterocycles. The molecule has 0 amide bonds. The Morgan fingerprint density at radius 3 is 2.67 bits per heavy atom. The van der Waals surface area contributed by atoms with Crippen molar-refractivity contribution in [2.75, 3.05) is 70.9 Å². The molecule has 0 spiro atoms. The third kappa shape index (κ3) is 7.49. The average Bonchev–Trinajstić information content (AvgIpc) is 3.21. The molecule has 0 aliphatic carbocycles. The van der Waals surface area contributed by atoms with Crippen LogP contribution in [0.2, 0.25) is 0 Å². The number of aromatic nitrogens is 1. The van der Waals surface area contributed by atoms with Gasteiger partial charge in [-0.25, -0.2) is 9.37 Å². The molecule has 170 valence electrons. The smallest absolute Gasteiger partial charge is 0.191 e. The number of hydrogen-bond donors (Lipinski definition) is 2. The third-order valence-corrected chi connectivity index (χ3v) is 5.90. The van der Waals surface area contributed by atoms with Crippen LogP contribution in [-0.4, -0.2) is 92.7 Å². The molecule has 1 unspecified atom stereocenters. The maximum Gasteiger partial charge on any atom is 0.191 e. The van der Waals surface area contributed by atoms with Crippen molar-refractivity contribution in [1.29, 1.82) is 0 Å². The highest BCUT2D eigenvalue weighted by molar-refractivity contribution is 14.0. The Bertz CT molecular complexity index is 652. The number of nitrogens with one attached hydrogen (secondary N) is 2. The van der Waals surface area contributed by atoms with E-state index in [0.717, 1.165) is 38.4 Å². The summed E-state index contributed by atoms with van der Waals surface area (Å²) in [5.74, 6) is 1.01. The van der Waals surface area contributed by atoms with Crippen LogP contribution in [-0.2, 0) is 0 Å². The number of halogens is 2. The van der Waals surface area contributed by atoms with E-state index in [2.05, 4.69) is 37.3 Å². The standard InChI is InChI=1S/C21H36FN7.HI/c1-3-27-13-15-28(16-14-27)11-5-4-9-25-21(23-2)26-18-8-12-29(17-18)20-19(22)7-6-10-24-20;/h6-7,10,18H,3-5,8-9,11-17H2,1-2H3,(H2,23,25,26);1H. The first-order valence-corrected chi connectivity index (χ1v) is 11.0. The van der Waals surface area contributed by atoms with Crippen molar-refractivity contribution in [3.8, 4) is 0 Å². The molecular formula is C21H37FIN7. The van der Waals surface area contributed by atoms with E-state index in [4.69, 9.17) is 0 Å². The Morgan fingerprint density at radius 1 is 1.20 bits per heavy atom. The maximum atomic E-state index is 13.9. The number of hydrogen-bond acceptors (Lipinski definition) is 5. The minimum atomic E-state index is -0.258. The Hall–Kier alpha value is -1.20. The lowest BCUT2D eigenvalue weighted by molar-refractivity contribution is 0.136. The van der Waals surface area contributed by atoms with Crippen LogP contribution in [0.15, 0.2) is 23.3 Å². The van der Waals surface area contributed by atoms with Gasteiger partial charge in [0, 0.05) is 65.1 Å². The molecule has 2 N–H and O–H groups in total. The van der Waals surface area contributed by atoms with E-state index in [1.165, 1.54) is 51.8 Å². The summed E-state index contributed by atoms with van der Waals surface area (Å²) < 4.78 is 13.9. The van der Waals surface area contributed by atoms with Gasteiger partial charge in [0.25, 0.3) is 0 Å². The molecule has 3 rings (SSSR count). The summed E-state index contributed by atoms with van der Waals surface area (Å²) in [5, 5.41) is 6.89. The summed E-state index contributed by atoms with van der Waals surface area (Å²) in [6.07, 6.45) is 4.92. The van der Waals surface area contributed by atoms with Crippen LogP contribution in [0, 0.1) is 5.82 Å². The number of unbranched alkanes of at least 4 members (excludes halogenated alkanes) is 1. The van der Waals surface area contributed by atoms with E-state index in [1.807, 2.05) is 4.90 Å². The predicted molar refractivity (Wildman–Crippen MR) is 133 cm³/mol. The normalized spacial score (nSPS) is 20.8. The number of pyridine rings is 1. The summed E-state index contributed by atoms with van der Waals surface area (Å²) in [4.78, 5) is 15.6. The molecule has 2 fully saturated rings. The zero-order valence-corrected chi connectivity index (χ0v) is 20.6. The molecule has 0 saturated carbocycles. The lowest BCUT2D eigenvalue weighted by Gasteiger charge is -2.34. The summed E-state index contributed by atoms with van der Waals surface area (Å²) in [6.45, 7) is 11.8. The van der Waals surface area contributed by atoms with E-state index in [0.29, 0.717) is 5.82 Å². The fourth-order valence-electron chi connectivity index (χ4n) is 4.06. The van der Waals surface area contributed by atoms with Crippen molar-refractivity contribution >= 4 is 35.8 Å². The summed E-state index contributed by atoms with van der Waals surface area (Å²) >= 11 is 0. The Kier molecular flexibility index (Phi) is 11.1. The van der Waals surface area contributed by atoms with Crippen molar-refractivity contribution in [2.45, 2.75) is 32.2 Å². The molecule has 0 aromatic carbocycles. The molecule has 30 heavy (non-hydrogen) atoms. The van der Waals surface area contributed by atoms with Crippen LogP contribution in [0.1, 0.15) is 26.2 Å². The minimum absolute atomic E-state index is 0. The summed E-state index contributed by atoms with van der Waals surface area (Å²) in [7, 11) is 1.80. The van der Waals surface area contributed by atoms with Crippen LogP contribution in [0.4, 0.5) is 10.2 Å². The first-order valence-electron chi connectivity index (χ1n) is 11.0. The van der Waals surface area contributed by atoms with Gasteiger partial charge in [0.05, 0.1) is 0 Å². The second kappa shape index (κ2) is 13.3. The zero-order chi connectivity index (χ0) is 20.5. The number of aliphatic imine (C=N–C) groups is 1. The van der Waals surface area contributed by atoms with Crippen LogP contribution in [0.25, 0.3) is 0 Å². The van der Waals surface area contributed by atoms with Crippen molar-refractivity contribution in [1.82, 2.24) is 25.4 Å². The van der Waals surface area contributed by atoms with Gasteiger partial charge in [-0.15, -0.1) is 24.0 Å². The first kappa shape index (κ1) is 25.1. The van der Waals surface area contributed by atoms with Crippen molar-refractivity contribution in [3.63, 3.8) is 0 Å². The van der Waals surface area contributed by atoms with Crippen molar-refractivity contribution < 1.29 is 4.39 Å². The SMILES string of the molecule is CCN1CCN(CCCCNC(=NC)NC2CCN(c3ncccc3F)C2)CC1.I. The third-order valence-electron chi connectivity index (χ3n) is 5.90. The Balaban J connectivity index is 0.00000320.